The lowest BCUT2D eigenvalue weighted by atomic mass is 10.1. The van der Waals surface area contributed by atoms with E-state index in [0.29, 0.717) is 12.2 Å². The number of likely N-dealkylation sites (N-methyl/N-ethyl adjacent to an activating group) is 1. The van der Waals surface area contributed by atoms with Crippen LogP contribution in [-0.4, -0.2) is 36.1 Å². The Kier molecular flexibility index (Phi) is 4.89. The third-order valence-electron chi connectivity index (χ3n) is 3.45. The topological polar surface area (TPSA) is 93.7 Å². The number of benzene rings is 1. The molecule has 1 fully saturated rings. The quantitative estimate of drug-likeness (QED) is 0.466. The number of hydrogen-bond donors (Lipinski definition) is 2. The Labute approximate surface area is 117 Å². The first-order valence-corrected chi connectivity index (χ1v) is 6.65. The van der Waals surface area contributed by atoms with Crippen LogP contribution in [0.15, 0.2) is 18.2 Å². The first-order chi connectivity index (χ1) is 9.61. The zero-order valence-corrected chi connectivity index (χ0v) is 11.5. The number of nitrogens with one attached hydrogen (secondary N) is 1. The highest BCUT2D eigenvalue weighted by Crippen LogP contribution is 2.28. The van der Waals surface area contributed by atoms with Crippen LogP contribution in [0.5, 0.6) is 0 Å². The molecule has 1 aromatic carbocycles. The highest BCUT2D eigenvalue weighted by molar-refractivity contribution is 5.65. The van der Waals surface area contributed by atoms with Crippen LogP contribution in [0.1, 0.15) is 18.4 Å². The smallest absolute Gasteiger partial charge is 0.293 e. The summed E-state index contributed by atoms with van der Waals surface area (Å²) in [6, 6.07) is 4.96. The van der Waals surface area contributed by atoms with Crippen molar-refractivity contribution < 1.29 is 9.66 Å². The van der Waals surface area contributed by atoms with Crippen molar-refractivity contribution in [2.45, 2.75) is 25.5 Å². The summed E-state index contributed by atoms with van der Waals surface area (Å²) in [6.45, 7) is 2.22. The van der Waals surface area contributed by atoms with Crippen LogP contribution in [-0.2, 0) is 11.3 Å². The van der Waals surface area contributed by atoms with E-state index in [-0.39, 0.29) is 11.8 Å². The fourth-order valence-electron chi connectivity index (χ4n) is 2.53. The predicted molar refractivity (Wildman–Crippen MR) is 76.2 cm³/mol. The molecule has 0 radical (unpaired) electrons. The van der Waals surface area contributed by atoms with Gasteiger partial charge in [0.2, 0.25) is 0 Å². The molecule has 1 heterocycles. The monoisotopic (exact) mass is 280 g/mol. The number of ether oxygens (including phenoxy) is 1. The molecule has 1 unspecified atom stereocenters. The molecular formula is C13H20N4O3. The van der Waals surface area contributed by atoms with Crippen molar-refractivity contribution in [2.75, 3.05) is 25.6 Å². The Balaban J connectivity index is 2.07. The van der Waals surface area contributed by atoms with Crippen molar-refractivity contribution in [1.82, 2.24) is 4.90 Å². The minimum Gasteiger partial charge on any atom is -0.377 e. The van der Waals surface area contributed by atoms with Crippen molar-refractivity contribution in [1.29, 1.82) is 0 Å². The molecule has 7 nitrogen and oxygen atoms in total. The van der Waals surface area contributed by atoms with Gasteiger partial charge in [-0.25, -0.2) is 0 Å². The highest BCUT2D eigenvalue weighted by Gasteiger charge is 2.20. The number of nitrogens with two attached hydrogens (primary N) is 1. The molecule has 7 heteroatoms. The molecule has 1 aliphatic rings. The van der Waals surface area contributed by atoms with E-state index in [4.69, 9.17) is 10.6 Å². The van der Waals surface area contributed by atoms with E-state index in [2.05, 4.69) is 10.3 Å². The Bertz CT molecular complexity index is 475. The standard InChI is InChI=1S/C13H20N4O3/c1-16(9-11-5-3-7-20-11)8-10-4-2-6-12(17(18)19)13(10)15-14/h2,4,6,11,15H,3,5,7-9,14H2,1H3. The van der Waals surface area contributed by atoms with Crippen molar-refractivity contribution >= 4 is 11.4 Å². The van der Waals surface area contributed by atoms with Crippen molar-refractivity contribution in [3.8, 4) is 0 Å². The van der Waals surface area contributed by atoms with Gasteiger partial charge in [0.1, 0.15) is 5.69 Å². The molecule has 0 bridgehead atoms. The fraction of sp³-hybridized carbons (Fsp3) is 0.538. The van der Waals surface area contributed by atoms with Gasteiger partial charge in [0.05, 0.1) is 11.0 Å². The van der Waals surface area contributed by atoms with Gasteiger partial charge in [-0.15, -0.1) is 0 Å². The Morgan fingerprint density at radius 1 is 1.60 bits per heavy atom. The second kappa shape index (κ2) is 6.65. The molecule has 1 atom stereocenters. The SMILES string of the molecule is CN(Cc1cccc([N+](=O)[O-])c1NN)CC1CCCO1. The van der Waals surface area contributed by atoms with Gasteiger partial charge in [-0.2, -0.15) is 0 Å². The molecule has 0 saturated carbocycles. The fourth-order valence-corrected chi connectivity index (χ4v) is 2.53. The molecule has 0 aromatic heterocycles. The van der Waals surface area contributed by atoms with Gasteiger partial charge in [-0.3, -0.25) is 20.9 Å². The lowest BCUT2D eigenvalue weighted by molar-refractivity contribution is -0.384. The number of hydrogen-bond acceptors (Lipinski definition) is 6. The largest absolute Gasteiger partial charge is 0.377 e. The summed E-state index contributed by atoms with van der Waals surface area (Å²) < 4.78 is 5.59. The number of nitrogens with zero attached hydrogens (tertiary/aromatic N) is 2. The molecule has 3 N–H and O–H groups in total. The first-order valence-electron chi connectivity index (χ1n) is 6.65. The van der Waals surface area contributed by atoms with Crippen LogP contribution in [0.25, 0.3) is 0 Å². The zero-order valence-electron chi connectivity index (χ0n) is 11.5. The number of para-hydroxylation sites is 1. The van der Waals surface area contributed by atoms with Gasteiger partial charge in [0.25, 0.3) is 5.69 Å². The van der Waals surface area contributed by atoms with Crippen molar-refractivity contribution in [2.24, 2.45) is 5.84 Å². The molecule has 1 saturated heterocycles. The van der Waals surface area contributed by atoms with E-state index in [9.17, 15) is 10.1 Å². The minimum atomic E-state index is -0.432. The van der Waals surface area contributed by atoms with E-state index in [0.717, 1.165) is 31.6 Å². The van der Waals surface area contributed by atoms with E-state index in [1.54, 1.807) is 6.07 Å². The first kappa shape index (κ1) is 14.7. The van der Waals surface area contributed by atoms with E-state index in [1.807, 2.05) is 13.1 Å². The number of rotatable bonds is 6. The average molecular weight is 280 g/mol. The second-order valence-electron chi connectivity index (χ2n) is 5.04. The Morgan fingerprint density at radius 2 is 2.40 bits per heavy atom. The number of nitro groups is 1. The van der Waals surface area contributed by atoms with E-state index >= 15 is 0 Å². The summed E-state index contributed by atoms with van der Waals surface area (Å²) in [5, 5.41) is 11.0. The molecule has 110 valence electrons. The van der Waals surface area contributed by atoms with Gasteiger partial charge >= 0.3 is 0 Å². The normalized spacial score (nSPS) is 18.4. The summed E-state index contributed by atoms with van der Waals surface area (Å²) in [5.74, 6) is 5.43. The van der Waals surface area contributed by atoms with Crippen LogP contribution in [0, 0.1) is 10.1 Å². The Morgan fingerprint density at radius 3 is 3.00 bits per heavy atom. The number of nitro benzene ring substituents is 1. The van der Waals surface area contributed by atoms with Crippen molar-refractivity contribution in [3.63, 3.8) is 0 Å². The Hall–Kier alpha value is -1.70. The molecule has 1 aromatic rings. The third kappa shape index (κ3) is 3.44. The predicted octanol–water partition coefficient (Wildman–Crippen LogP) is 1.49. The average Bonchev–Trinajstić information content (AvgIpc) is 2.91. The molecule has 2 rings (SSSR count). The molecule has 0 amide bonds. The summed E-state index contributed by atoms with van der Waals surface area (Å²) in [7, 11) is 1.97. The number of nitrogen functional groups attached to an aromatic ring is 1. The van der Waals surface area contributed by atoms with Gasteiger partial charge < -0.3 is 10.2 Å². The van der Waals surface area contributed by atoms with Crippen LogP contribution in [0.2, 0.25) is 0 Å². The maximum Gasteiger partial charge on any atom is 0.293 e. The highest BCUT2D eigenvalue weighted by atomic mass is 16.6. The summed E-state index contributed by atoms with van der Waals surface area (Å²) >= 11 is 0. The van der Waals surface area contributed by atoms with Gasteiger partial charge in [-0.05, 0) is 25.5 Å². The summed E-state index contributed by atoms with van der Waals surface area (Å²) in [6.07, 6.45) is 2.43. The third-order valence-corrected chi connectivity index (χ3v) is 3.45. The van der Waals surface area contributed by atoms with Crippen LogP contribution >= 0.6 is 0 Å². The molecule has 20 heavy (non-hydrogen) atoms. The summed E-state index contributed by atoms with van der Waals surface area (Å²) in [4.78, 5) is 12.6. The van der Waals surface area contributed by atoms with E-state index in [1.165, 1.54) is 6.07 Å². The number of hydrazine groups is 1. The van der Waals surface area contributed by atoms with Gasteiger partial charge in [-0.1, -0.05) is 12.1 Å². The second-order valence-corrected chi connectivity index (χ2v) is 5.04. The number of anilines is 1. The minimum absolute atomic E-state index is 0.00415. The van der Waals surface area contributed by atoms with Crippen LogP contribution in [0.4, 0.5) is 11.4 Å². The molecular weight excluding hydrogens is 260 g/mol. The van der Waals surface area contributed by atoms with Crippen LogP contribution in [0.3, 0.4) is 0 Å². The molecule has 1 aliphatic heterocycles. The zero-order chi connectivity index (χ0) is 14.5. The molecule has 0 spiro atoms. The lowest BCUT2D eigenvalue weighted by Gasteiger charge is -2.21. The maximum atomic E-state index is 11.0. The summed E-state index contributed by atoms with van der Waals surface area (Å²) in [5.41, 5.74) is 3.62. The van der Waals surface area contributed by atoms with E-state index < -0.39 is 4.92 Å². The van der Waals surface area contributed by atoms with Crippen LogP contribution < -0.4 is 11.3 Å². The molecule has 0 aliphatic carbocycles. The van der Waals surface area contributed by atoms with Crippen molar-refractivity contribution in [3.05, 3.63) is 33.9 Å². The van der Waals surface area contributed by atoms with Gasteiger partial charge in [0.15, 0.2) is 0 Å². The maximum absolute atomic E-state index is 11.0. The lowest BCUT2D eigenvalue weighted by Crippen LogP contribution is -2.29. The van der Waals surface area contributed by atoms with Gasteiger partial charge in [0, 0.05) is 25.8 Å².